The highest BCUT2D eigenvalue weighted by Gasteiger charge is 2.24. The Kier molecular flexibility index (Phi) is 4.80. The fraction of sp³-hybridized carbons (Fsp3) is 0.174. The number of fused-ring (bicyclic) bond motifs is 1. The minimum absolute atomic E-state index is 0.152. The number of rotatable bonds is 5. The lowest BCUT2D eigenvalue weighted by molar-refractivity contribution is -0.118. The summed E-state index contributed by atoms with van der Waals surface area (Å²) in [5.41, 5.74) is 3.91. The van der Waals surface area contributed by atoms with E-state index in [9.17, 15) is 9.90 Å². The summed E-state index contributed by atoms with van der Waals surface area (Å²) < 4.78 is 0.955. The van der Waals surface area contributed by atoms with Crippen molar-refractivity contribution >= 4 is 39.5 Å². The number of hydrogen-bond acceptors (Lipinski definition) is 6. The van der Waals surface area contributed by atoms with E-state index in [1.165, 1.54) is 5.56 Å². The number of phenolic OH excluding ortho intramolecular Hbond substituents is 1. The number of aromatic hydroxyl groups is 1. The highest BCUT2D eigenvalue weighted by atomic mass is 32.1. The second-order valence-corrected chi connectivity index (χ2v) is 8.40. The van der Waals surface area contributed by atoms with Crippen molar-refractivity contribution in [3.63, 3.8) is 0 Å². The van der Waals surface area contributed by atoms with Crippen LogP contribution in [0.3, 0.4) is 0 Å². The maximum absolute atomic E-state index is 11.4. The molecule has 1 atom stereocenters. The number of amides is 1. The largest absolute Gasteiger partial charge is 0.508 e. The van der Waals surface area contributed by atoms with Gasteiger partial charge in [-0.1, -0.05) is 24.3 Å². The third kappa shape index (κ3) is 3.48. The summed E-state index contributed by atoms with van der Waals surface area (Å²) in [6.45, 7) is 0.820. The fourth-order valence-electron chi connectivity index (χ4n) is 3.98. The minimum Gasteiger partial charge on any atom is -0.508 e. The van der Waals surface area contributed by atoms with Gasteiger partial charge in [0, 0.05) is 23.2 Å². The van der Waals surface area contributed by atoms with Gasteiger partial charge in [0.15, 0.2) is 5.82 Å². The van der Waals surface area contributed by atoms with Crippen LogP contribution in [-0.4, -0.2) is 32.9 Å². The van der Waals surface area contributed by atoms with Gasteiger partial charge in [0.2, 0.25) is 6.41 Å². The average molecular weight is 417 g/mol. The molecule has 1 aliphatic rings. The Balaban J connectivity index is 1.50. The molecule has 0 spiro atoms. The molecule has 1 aliphatic heterocycles. The van der Waals surface area contributed by atoms with E-state index in [1.807, 2.05) is 17.0 Å². The van der Waals surface area contributed by atoms with Crippen LogP contribution in [0.5, 0.6) is 5.75 Å². The lowest BCUT2D eigenvalue weighted by Gasteiger charge is -2.20. The van der Waals surface area contributed by atoms with Crippen LogP contribution >= 0.6 is 11.3 Å². The second kappa shape index (κ2) is 7.76. The van der Waals surface area contributed by atoms with Gasteiger partial charge in [-0.05, 0) is 48.2 Å². The van der Waals surface area contributed by atoms with E-state index in [2.05, 4.69) is 39.6 Å². The van der Waals surface area contributed by atoms with Gasteiger partial charge in [-0.15, -0.1) is 11.3 Å². The van der Waals surface area contributed by atoms with E-state index in [1.54, 1.807) is 35.9 Å². The molecular formula is C23H20N4O2S. The normalized spacial score (nSPS) is 16.1. The molecule has 5 rings (SSSR count). The first kappa shape index (κ1) is 18.6. The monoisotopic (exact) mass is 416 g/mol. The van der Waals surface area contributed by atoms with Crippen molar-refractivity contribution in [2.24, 2.45) is 0 Å². The molecule has 1 amide bonds. The number of nitrogens with zero attached hydrogens (tertiary/aromatic N) is 3. The molecule has 4 aromatic rings. The van der Waals surface area contributed by atoms with Crippen molar-refractivity contribution < 1.29 is 9.90 Å². The van der Waals surface area contributed by atoms with Crippen molar-refractivity contribution in [2.75, 3.05) is 11.9 Å². The standard InChI is InChI=1S/C23H20N4O2S/c28-14-27-9-3-8-20(27)15-4-1-5-16(10-15)21-12-19-22(30-21)23(25-13-24-19)26-17-6-2-7-18(29)11-17/h1-2,4-7,10-14,20,29H,3,8-9H2,(H,24,25,26). The van der Waals surface area contributed by atoms with Gasteiger partial charge in [-0.25, -0.2) is 9.97 Å². The molecule has 0 aliphatic carbocycles. The lowest BCUT2D eigenvalue weighted by Crippen LogP contribution is -2.21. The number of likely N-dealkylation sites (tertiary alicyclic amines) is 1. The molecule has 1 unspecified atom stereocenters. The van der Waals surface area contributed by atoms with E-state index in [0.29, 0.717) is 5.82 Å². The van der Waals surface area contributed by atoms with Gasteiger partial charge in [0.25, 0.3) is 0 Å². The Hall–Kier alpha value is -3.45. The van der Waals surface area contributed by atoms with Crippen LogP contribution in [0.4, 0.5) is 11.5 Å². The fourth-order valence-corrected chi connectivity index (χ4v) is 5.03. The van der Waals surface area contributed by atoms with Gasteiger partial charge in [0.05, 0.1) is 16.3 Å². The van der Waals surface area contributed by atoms with Gasteiger partial charge in [-0.3, -0.25) is 4.79 Å². The van der Waals surface area contributed by atoms with E-state index >= 15 is 0 Å². The molecule has 30 heavy (non-hydrogen) atoms. The molecule has 1 saturated heterocycles. The predicted octanol–water partition coefficient (Wildman–Crippen LogP) is 5.10. The Labute approximate surface area is 177 Å². The number of anilines is 2. The predicted molar refractivity (Wildman–Crippen MR) is 119 cm³/mol. The number of aromatic nitrogens is 2. The molecule has 0 radical (unpaired) electrons. The van der Waals surface area contributed by atoms with Crippen LogP contribution in [0.25, 0.3) is 20.7 Å². The Morgan fingerprint density at radius 3 is 2.90 bits per heavy atom. The Bertz CT molecular complexity index is 1220. The maximum Gasteiger partial charge on any atom is 0.210 e. The van der Waals surface area contributed by atoms with Crippen LogP contribution in [0.2, 0.25) is 0 Å². The molecule has 150 valence electrons. The number of carbonyl (C=O) groups is 1. The maximum atomic E-state index is 11.4. The number of phenols is 1. The lowest BCUT2D eigenvalue weighted by atomic mass is 10.0. The zero-order chi connectivity index (χ0) is 20.5. The van der Waals surface area contributed by atoms with Gasteiger partial charge >= 0.3 is 0 Å². The summed E-state index contributed by atoms with van der Waals surface area (Å²) >= 11 is 1.63. The van der Waals surface area contributed by atoms with E-state index in [0.717, 1.165) is 52.1 Å². The molecule has 6 nitrogen and oxygen atoms in total. The van der Waals surface area contributed by atoms with Gasteiger partial charge < -0.3 is 15.3 Å². The zero-order valence-electron chi connectivity index (χ0n) is 16.2. The summed E-state index contributed by atoms with van der Waals surface area (Å²) in [5, 5.41) is 13.0. The van der Waals surface area contributed by atoms with Crippen LogP contribution in [0.15, 0.2) is 60.9 Å². The zero-order valence-corrected chi connectivity index (χ0v) is 17.0. The molecule has 0 bridgehead atoms. The second-order valence-electron chi connectivity index (χ2n) is 7.35. The summed E-state index contributed by atoms with van der Waals surface area (Å²) in [5.74, 6) is 0.909. The number of thiophene rings is 1. The molecule has 1 fully saturated rings. The number of carbonyl (C=O) groups excluding carboxylic acids is 1. The van der Waals surface area contributed by atoms with Crippen molar-refractivity contribution in [3.05, 3.63) is 66.5 Å². The first-order valence-corrected chi connectivity index (χ1v) is 10.6. The Morgan fingerprint density at radius 1 is 1.13 bits per heavy atom. The molecule has 2 aromatic carbocycles. The average Bonchev–Trinajstić information content (AvgIpc) is 3.41. The number of hydrogen-bond donors (Lipinski definition) is 2. The SMILES string of the molecule is O=CN1CCCC1c1cccc(-c2cc3ncnc(Nc4cccc(O)c4)c3s2)c1. The quantitative estimate of drug-likeness (QED) is 0.443. The summed E-state index contributed by atoms with van der Waals surface area (Å²) in [7, 11) is 0. The van der Waals surface area contributed by atoms with Gasteiger partial charge in [-0.2, -0.15) is 0 Å². The van der Waals surface area contributed by atoms with Crippen molar-refractivity contribution in [1.29, 1.82) is 0 Å². The van der Waals surface area contributed by atoms with Crippen LogP contribution in [-0.2, 0) is 4.79 Å². The molecule has 0 saturated carbocycles. The van der Waals surface area contributed by atoms with E-state index in [-0.39, 0.29) is 11.8 Å². The first-order valence-electron chi connectivity index (χ1n) is 9.83. The van der Waals surface area contributed by atoms with E-state index < -0.39 is 0 Å². The summed E-state index contributed by atoms with van der Waals surface area (Å²) in [4.78, 5) is 23.2. The number of benzene rings is 2. The highest BCUT2D eigenvalue weighted by molar-refractivity contribution is 7.22. The third-order valence-electron chi connectivity index (χ3n) is 5.41. The molecular weight excluding hydrogens is 396 g/mol. The first-order chi connectivity index (χ1) is 14.7. The topological polar surface area (TPSA) is 78.4 Å². The minimum atomic E-state index is 0.152. The third-order valence-corrected chi connectivity index (χ3v) is 6.59. The van der Waals surface area contributed by atoms with Crippen LogP contribution in [0, 0.1) is 0 Å². The summed E-state index contributed by atoms with van der Waals surface area (Å²) in [6, 6.07) is 17.6. The number of nitrogens with one attached hydrogen (secondary N) is 1. The smallest absolute Gasteiger partial charge is 0.210 e. The van der Waals surface area contributed by atoms with Crippen molar-refractivity contribution in [2.45, 2.75) is 18.9 Å². The highest BCUT2D eigenvalue weighted by Crippen LogP contribution is 2.38. The molecule has 3 heterocycles. The molecule has 2 N–H and O–H groups in total. The van der Waals surface area contributed by atoms with Crippen LogP contribution < -0.4 is 5.32 Å². The summed E-state index contributed by atoms with van der Waals surface area (Å²) in [6.07, 6.45) is 4.54. The van der Waals surface area contributed by atoms with Crippen molar-refractivity contribution in [1.82, 2.24) is 14.9 Å². The van der Waals surface area contributed by atoms with E-state index in [4.69, 9.17) is 0 Å². The van der Waals surface area contributed by atoms with Gasteiger partial charge in [0.1, 0.15) is 12.1 Å². The van der Waals surface area contributed by atoms with Crippen LogP contribution in [0.1, 0.15) is 24.4 Å². The molecule has 2 aromatic heterocycles. The molecule has 7 heteroatoms. The van der Waals surface area contributed by atoms with Crippen molar-refractivity contribution in [3.8, 4) is 16.2 Å². The Morgan fingerprint density at radius 2 is 2.03 bits per heavy atom.